The number of hydrogen-bond donors (Lipinski definition) is 2. The topological polar surface area (TPSA) is 66.2 Å². The molecule has 0 aliphatic carbocycles. The maximum absolute atomic E-state index is 10.3. The summed E-state index contributed by atoms with van der Waals surface area (Å²) in [6.45, 7) is 3.69. The Balaban J connectivity index is 1.99. The molecule has 0 amide bonds. The van der Waals surface area contributed by atoms with Crippen molar-refractivity contribution in [2.24, 2.45) is 5.10 Å². The van der Waals surface area contributed by atoms with Crippen molar-refractivity contribution >= 4 is 30.0 Å². The number of H-pyrrole nitrogens is 1. The van der Waals surface area contributed by atoms with E-state index in [0.29, 0.717) is 27.6 Å². The molecular weight excluding hydrogens is 356 g/mol. The fraction of sp³-hybridized carbons (Fsp3) is 0.0556. The second kappa shape index (κ2) is 7.46. The second-order valence-electron chi connectivity index (χ2n) is 5.26. The molecule has 0 radical (unpaired) electrons. The molecule has 1 heterocycles. The van der Waals surface area contributed by atoms with E-state index in [9.17, 15) is 5.11 Å². The molecule has 0 saturated heterocycles. The fourth-order valence-corrected chi connectivity index (χ4v) is 2.65. The van der Waals surface area contributed by atoms with Crippen LogP contribution in [0.15, 0.2) is 60.2 Å². The van der Waals surface area contributed by atoms with Gasteiger partial charge in [-0.1, -0.05) is 29.8 Å². The van der Waals surface area contributed by atoms with Gasteiger partial charge in [0.25, 0.3) is 0 Å². The first-order valence-electron chi connectivity index (χ1n) is 7.49. The van der Waals surface area contributed by atoms with Crippen molar-refractivity contribution in [3.63, 3.8) is 0 Å². The van der Waals surface area contributed by atoms with Gasteiger partial charge in [-0.05, 0) is 54.5 Å². The third-order valence-electron chi connectivity index (χ3n) is 3.58. The van der Waals surface area contributed by atoms with E-state index in [0.717, 1.165) is 11.1 Å². The van der Waals surface area contributed by atoms with E-state index in [-0.39, 0.29) is 5.75 Å². The zero-order valence-corrected chi connectivity index (χ0v) is 14.8. The molecule has 0 bridgehead atoms. The van der Waals surface area contributed by atoms with Gasteiger partial charge in [0, 0.05) is 16.1 Å². The minimum absolute atomic E-state index is 0.175. The van der Waals surface area contributed by atoms with Crippen molar-refractivity contribution < 1.29 is 5.11 Å². The number of allylic oxidation sites excluding steroid dienone is 1. The number of benzene rings is 2. The highest BCUT2D eigenvalue weighted by molar-refractivity contribution is 7.71. The van der Waals surface area contributed by atoms with Gasteiger partial charge in [-0.3, -0.25) is 0 Å². The van der Waals surface area contributed by atoms with Gasteiger partial charge in [-0.2, -0.15) is 14.9 Å². The molecule has 126 valence electrons. The Morgan fingerprint density at radius 2 is 2.04 bits per heavy atom. The Bertz CT molecular complexity index is 989. The van der Waals surface area contributed by atoms with Crippen molar-refractivity contribution in [1.29, 1.82) is 0 Å². The van der Waals surface area contributed by atoms with Crippen molar-refractivity contribution in [1.82, 2.24) is 14.9 Å². The summed E-state index contributed by atoms with van der Waals surface area (Å²) < 4.78 is 1.85. The molecule has 0 atom stereocenters. The Morgan fingerprint density at radius 1 is 1.28 bits per heavy atom. The highest BCUT2D eigenvalue weighted by atomic mass is 35.5. The van der Waals surface area contributed by atoms with Gasteiger partial charge < -0.3 is 5.11 Å². The molecule has 2 N–H and O–H groups in total. The standard InChI is InChI=1S/C18H15ClN4OS/c1-2-4-12-5-3-6-14(16(12)24)11-20-23-17(21-22-18(23)25)13-7-9-15(19)10-8-13/h2-3,5-11,24H,1,4H2,(H,22,25). The largest absolute Gasteiger partial charge is 0.507 e. The quantitative estimate of drug-likeness (QED) is 0.392. The number of aromatic amines is 1. The maximum atomic E-state index is 10.3. The SMILES string of the molecule is C=CCc1cccc(C=Nn2c(-c3ccc(Cl)cc3)n[nH]c2=S)c1O. The zero-order valence-electron chi connectivity index (χ0n) is 13.2. The molecule has 25 heavy (non-hydrogen) atoms. The predicted molar refractivity (Wildman–Crippen MR) is 103 cm³/mol. The summed E-state index contributed by atoms with van der Waals surface area (Å²) in [6.07, 6.45) is 3.86. The van der Waals surface area contributed by atoms with E-state index in [1.165, 1.54) is 4.68 Å². The number of hydrogen-bond acceptors (Lipinski definition) is 4. The molecule has 0 aliphatic heterocycles. The average Bonchev–Trinajstić information content (AvgIpc) is 2.97. The maximum Gasteiger partial charge on any atom is 0.216 e. The smallest absolute Gasteiger partial charge is 0.216 e. The highest BCUT2D eigenvalue weighted by Crippen LogP contribution is 2.23. The van der Waals surface area contributed by atoms with Crippen LogP contribution >= 0.6 is 23.8 Å². The Kier molecular flexibility index (Phi) is 5.11. The van der Waals surface area contributed by atoms with E-state index >= 15 is 0 Å². The fourth-order valence-electron chi connectivity index (χ4n) is 2.34. The number of aromatic nitrogens is 3. The van der Waals surface area contributed by atoms with Gasteiger partial charge in [-0.25, -0.2) is 5.10 Å². The van der Waals surface area contributed by atoms with Crippen LogP contribution in [0.5, 0.6) is 5.75 Å². The molecule has 0 aliphatic rings. The first-order chi connectivity index (χ1) is 12.1. The number of para-hydroxylation sites is 1. The number of halogens is 1. The third-order valence-corrected chi connectivity index (χ3v) is 4.10. The van der Waals surface area contributed by atoms with Crippen LogP contribution < -0.4 is 0 Å². The van der Waals surface area contributed by atoms with Crippen LogP contribution in [0.2, 0.25) is 5.02 Å². The number of rotatable bonds is 5. The van der Waals surface area contributed by atoms with Crippen LogP contribution in [-0.4, -0.2) is 26.2 Å². The van der Waals surface area contributed by atoms with Crippen molar-refractivity contribution in [3.05, 3.63) is 76.0 Å². The molecule has 1 aromatic heterocycles. The van der Waals surface area contributed by atoms with Crippen molar-refractivity contribution in [2.75, 3.05) is 0 Å². The molecule has 0 unspecified atom stereocenters. The molecular formula is C18H15ClN4OS. The molecule has 0 saturated carbocycles. The van der Waals surface area contributed by atoms with Crippen LogP contribution in [0.1, 0.15) is 11.1 Å². The Morgan fingerprint density at radius 3 is 2.76 bits per heavy atom. The lowest BCUT2D eigenvalue weighted by atomic mass is 10.1. The van der Waals surface area contributed by atoms with Crippen molar-refractivity contribution in [2.45, 2.75) is 6.42 Å². The van der Waals surface area contributed by atoms with E-state index < -0.39 is 0 Å². The van der Waals surface area contributed by atoms with E-state index in [1.807, 2.05) is 24.3 Å². The van der Waals surface area contributed by atoms with Gasteiger partial charge in [0.05, 0.1) is 6.21 Å². The van der Waals surface area contributed by atoms with Crippen molar-refractivity contribution in [3.8, 4) is 17.1 Å². The zero-order chi connectivity index (χ0) is 17.8. The van der Waals surface area contributed by atoms with Gasteiger partial charge in [-0.15, -0.1) is 6.58 Å². The van der Waals surface area contributed by atoms with Crippen LogP contribution in [0.4, 0.5) is 0 Å². The lowest BCUT2D eigenvalue weighted by Crippen LogP contribution is -1.96. The van der Waals surface area contributed by atoms with Crippen LogP contribution in [0.25, 0.3) is 11.4 Å². The minimum atomic E-state index is 0.175. The average molecular weight is 371 g/mol. The summed E-state index contributed by atoms with van der Waals surface area (Å²) in [4.78, 5) is 0. The highest BCUT2D eigenvalue weighted by Gasteiger charge is 2.09. The molecule has 5 nitrogen and oxygen atoms in total. The summed E-state index contributed by atoms with van der Waals surface area (Å²) in [7, 11) is 0. The molecule has 3 aromatic rings. The molecule has 0 spiro atoms. The van der Waals surface area contributed by atoms with Crippen LogP contribution in [0, 0.1) is 4.77 Å². The first kappa shape index (κ1) is 17.1. The van der Waals surface area contributed by atoms with Gasteiger partial charge >= 0.3 is 0 Å². The molecule has 2 aromatic carbocycles. The summed E-state index contributed by atoms with van der Waals surface area (Å²) in [6, 6.07) is 12.7. The second-order valence-corrected chi connectivity index (χ2v) is 6.09. The predicted octanol–water partition coefficient (Wildman–Crippen LogP) is 4.58. The lowest BCUT2D eigenvalue weighted by molar-refractivity contribution is 0.469. The first-order valence-corrected chi connectivity index (χ1v) is 8.28. The summed E-state index contributed by atoms with van der Waals surface area (Å²) in [5.41, 5.74) is 2.19. The van der Waals surface area contributed by atoms with E-state index in [2.05, 4.69) is 21.9 Å². The van der Waals surface area contributed by atoms with E-state index in [1.54, 1.807) is 30.5 Å². The minimum Gasteiger partial charge on any atom is -0.507 e. The number of aromatic hydroxyl groups is 1. The monoisotopic (exact) mass is 370 g/mol. The van der Waals surface area contributed by atoms with Crippen LogP contribution in [-0.2, 0) is 6.42 Å². The van der Waals surface area contributed by atoms with Gasteiger partial charge in [0.15, 0.2) is 5.82 Å². The molecule has 3 rings (SSSR count). The molecule has 7 heteroatoms. The number of nitrogens with one attached hydrogen (secondary N) is 1. The van der Waals surface area contributed by atoms with Crippen LogP contribution in [0.3, 0.4) is 0 Å². The number of phenols is 1. The molecule has 0 fully saturated rings. The normalized spacial score (nSPS) is 11.1. The number of phenolic OH excluding ortho intramolecular Hbond substituents is 1. The Labute approximate surface area is 154 Å². The van der Waals surface area contributed by atoms with E-state index in [4.69, 9.17) is 23.8 Å². The summed E-state index contributed by atoms with van der Waals surface area (Å²) in [5.74, 6) is 0.730. The summed E-state index contributed by atoms with van der Waals surface area (Å²) in [5, 5.41) is 22.3. The van der Waals surface area contributed by atoms with Gasteiger partial charge in [0.1, 0.15) is 5.75 Å². The van der Waals surface area contributed by atoms with Gasteiger partial charge in [0.2, 0.25) is 4.77 Å². The number of nitrogens with zero attached hydrogens (tertiary/aromatic N) is 3. The third kappa shape index (κ3) is 3.70. The summed E-state index contributed by atoms with van der Waals surface area (Å²) >= 11 is 11.2. The Hall–Kier alpha value is -2.70. The lowest BCUT2D eigenvalue weighted by Gasteiger charge is -2.05.